The number of rotatable bonds is 1. The number of aliphatic imine (C=N–C) groups is 1. The number of hydrogen-bond acceptors (Lipinski definition) is 6. The molecule has 1 heterocycles. The van der Waals surface area contributed by atoms with Gasteiger partial charge in [-0.25, -0.2) is 4.99 Å². The first-order valence-electron chi connectivity index (χ1n) is 4.62. The average molecular weight is 210 g/mol. The van der Waals surface area contributed by atoms with Gasteiger partial charge in [0.05, 0.1) is 12.0 Å². The number of carbonyl (C=O) groups excluding carboxylic acids is 1. The second-order valence-corrected chi connectivity index (χ2v) is 3.82. The molecule has 1 aliphatic rings. The quantitative estimate of drug-likeness (QED) is 0.393. The summed E-state index contributed by atoms with van der Waals surface area (Å²) < 4.78 is 0. The van der Waals surface area contributed by atoms with Gasteiger partial charge in [-0.05, 0) is 20.8 Å². The number of aliphatic hydroxyl groups is 1. The average Bonchev–Trinajstić information content (AvgIpc) is 1.99. The number of Topliss-reactive ketones (excluding diaryl/α,β-unsaturated/α-hetero) is 1. The molecular formula is C9H14N4O2. The van der Waals surface area contributed by atoms with Gasteiger partial charge in [-0.1, -0.05) is 0 Å². The molecule has 3 N–H and O–H groups in total. The maximum Gasteiger partial charge on any atom is 0.207 e. The van der Waals surface area contributed by atoms with Crippen LogP contribution < -0.4 is 10.6 Å². The Morgan fingerprint density at radius 1 is 1.80 bits per heavy atom. The van der Waals surface area contributed by atoms with Gasteiger partial charge in [-0.15, -0.1) is 0 Å². The van der Waals surface area contributed by atoms with Crippen LogP contribution in [0.15, 0.2) is 4.99 Å². The zero-order valence-corrected chi connectivity index (χ0v) is 8.90. The van der Waals surface area contributed by atoms with E-state index < -0.39 is 11.6 Å². The van der Waals surface area contributed by atoms with Crippen LogP contribution in [0.3, 0.4) is 0 Å². The second kappa shape index (κ2) is 3.87. The molecule has 0 saturated heterocycles. The summed E-state index contributed by atoms with van der Waals surface area (Å²) in [6.45, 7) is 4.62. The Bertz CT molecular complexity index is 343. The minimum atomic E-state index is -1.38. The molecule has 6 nitrogen and oxygen atoms in total. The van der Waals surface area contributed by atoms with Crippen molar-refractivity contribution in [3.63, 3.8) is 0 Å². The molecule has 15 heavy (non-hydrogen) atoms. The summed E-state index contributed by atoms with van der Waals surface area (Å²) in [5, 5.41) is 23.3. The van der Waals surface area contributed by atoms with Crippen molar-refractivity contribution in [3.8, 4) is 6.19 Å². The third-order valence-electron chi connectivity index (χ3n) is 2.40. The summed E-state index contributed by atoms with van der Waals surface area (Å²) in [5.74, 6) is -0.561. The highest BCUT2D eigenvalue weighted by Crippen LogP contribution is 2.24. The van der Waals surface area contributed by atoms with Gasteiger partial charge in [0.2, 0.25) is 5.96 Å². The molecule has 82 valence electrons. The van der Waals surface area contributed by atoms with Crippen molar-refractivity contribution in [2.45, 2.75) is 32.5 Å². The van der Waals surface area contributed by atoms with Crippen molar-refractivity contribution >= 4 is 11.7 Å². The fraction of sp³-hybridized carbons (Fsp3) is 0.667. The second-order valence-electron chi connectivity index (χ2n) is 3.82. The lowest BCUT2D eigenvalue weighted by Gasteiger charge is -2.38. The Hall–Kier alpha value is -1.61. The standard InChI is InChI=1S/C9H14N4O2/c1-5-7(6(2)14)9(3,15)13-8(12-5)11-4-10/h5,7,15H,1-3H3,(H2,11,12,13)/t5-,7+,9+/m0/s1. The van der Waals surface area contributed by atoms with Gasteiger partial charge in [0.25, 0.3) is 0 Å². The molecule has 1 rings (SSSR count). The van der Waals surface area contributed by atoms with Gasteiger partial charge in [-0.2, -0.15) is 5.26 Å². The number of nitrogens with one attached hydrogen (secondary N) is 2. The zero-order valence-electron chi connectivity index (χ0n) is 8.90. The van der Waals surface area contributed by atoms with E-state index in [9.17, 15) is 9.90 Å². The van der Waals surface area contributed by atoms with Crippen molar-refractivity contribution in [2.75, 3.05) is 0 Å². The highest BCUT2D eigenvalue weighted by atomic mass is 16.3. The van der Waals surface area contributed by atoms with E-state index in [-0.39, 0.29) is 17.8 Å². The molecule has 0 spiro atoms. The van der Waals surface area contributed by atoms with Gasteiger partial charge >= 0.3 is 0 Å². The largest absolute Gasteiger partial charge is 0.370 e. The lowest BCUT2D eigenvalue weighted by atomic mass is 9.86. The molecule has 0 fully saturated rings. The van der Waals surface area contributed by atoms with Gasteiger partial charge in [0.1, 0.15) is 11.5 Å². The van der Waals surface area contributed by atoms with E-state index in [2.05, 4.69) is 15.6 Å². The molecule has 1 aliphatic heterocycles. The van der Waals surface area contributed by atoms with Crippen LogP contribution in [0, 0.1) is 17.4 Å². The predicted octanol–water partition coefficient (Wildman–Crippen LogP) is -0.682. The molecule has 0 radical (unpaired) electrons. The minimum Gasteiger partial charge on any atom is -0.370 e. The SMILES string of the molecule is CC(=O)[C@H]1[C@H](C)N=C(NC#N)N[C@]1(C)O. The summed E-state index contributed by atoms with van der Waals surface area (Å²) in [5.41, 5.74) is -1.38. The lowest BCUT2D eigenvalue weighted by molar-refractivity contribution is -0.132. The van der Waals surface area contributed by atoms with Crippen LogP contribution >= 0.6 is 0 Å². The van der Waals surface area contributed by atoms with E-state index in [4.69, 9.17) is 5.26 Å². The summed E-state index contributed by atoms with van der Waals surface area (Å²) in [6.07, 6.45) is 1.70. The van der Waals surface area contributed by atoms with E-state index in [1.165, 1.54) is 13.8 Å². The highest BCUT2D eigenvalue weighted by molar-refractivity contribution is 5.87. The van der Waals surface area contributed by atoms with E-state index in [1.807, 2.05) is 0 Å². The first-order valence-corrected chi connectivity index (χ1v) is 4.62. The Balaban J connectivity index is 2.98. The van der Waals surface area contributed by atoms with Crippen LogP contribution in [-0.2, 0) is 4.79 Å². The topological polar surface area (TPSA) is 97.5 Å². The molecule has 0 aromatic rings. The normalized spacial score (nSPS) is 34.7. The third kappa shape index (κ3) is 2.25. The van der Waals surface area contributed by atoms with Crippen LogP contribution in [-0.4, -0.2) is 28.6 Å². The molecule has 6 heteroatoms. The highest BCUT2D eigenvalue weighted by Gasteiger charge is 2.43. The van der Waals surface area contributed by atoms with Gasteiger partial charge in [-0.3, -0.25) is 10.1 Å². The molecule has 0 aliphatic carbocycles. The number of nitriles is 1. The van der Waals surface area contributed by atoms with Crippen molar-refractivity contribution in [1.29, 1.82) is 5.26 Å². The van der Waals surface area contributed by atoms with E-state index in [0.29, 0.717) is 0 Å². The van der Waals surface area contributed by atoms with Crippen LogP contribution in [0.1, 0.15) is 20.8 Å². The monoisotopic (exact) mass is 210 g/mol. The maximum absolute atomic E-state index is 11.3. The van der Waals surface area contributed by atoms with Crippen molar-refractivity contribution < 1.29 is 9.90 Å². The van der Waals surface area contributed by atoms with E-state index >= 15 is 0 Å². The lowest BCUT2D eigenvalue weighted by Crippen LogP contribution is -2.62. The van der Waals surface area contributed by atoms with Crippen LogP contribution in [0.4, 0.5) is 0 Å². The van der Waals surface area contributed by atoms with Crippen LogP contribution in [0.5, 0.6) is 0 Å². The molecule has 0 amide bonds. The first-order chi connectivity index (χ1) is 6.88. The zero-order chi connectivity index (χ0) is 11.6. The van der Waals surface area contributed by atoms with E-state index in [1.54, 1.807) is 13.1 Å². The fourth-order valence-electron chi connectivity index (χ4n) is 1.95. The molecule has 0 aromatic heterocycles. The summed E-state index contributed by atoms with van der Waals surface area (Å²) in [7, 11) is 0. The van der Waals surface area contributed by atoms with Gasteiger partial charge < -0.3 is 10.4 Å². The summed E-state index contributed by atoms with van der Waals surface area (Å²) >= 11 is 0. The molecule has 0 saturated carbocycles. The summed E-state index contributed by atoms with van der Waals surface area (Å²) in [4.78, 5) is 15.4. The Morgan fingerprint density at radius 3 is 2.80 bits per heavy atom. The number of ketones is 1. The van der Waals surface area contributed by atoms with Gasteiger partial charge in [0.15, 0.2) is 6.19 Å². The van der Waals surface area contributed by atoms with Crippen molar-refractivity contribution in [2.24, 2.45) is 10.9 Å². The Morgan fingerprint density at radius 2 is 2.40 bits per heavy atom. The van der Waals surface area contributed by atoms with Crippen molar-refractivity contribution in [1.82, 2.24) is 10.6 Å². The van der Waals surface area contributed by atoms with E-state index in [0.717, 1.165) is 0 Å². The predicted molar refractivity (Wildman–Crippen MR) is 53.6 cm³/mol. The Labute approximate surface area is 88.0 Å². The Kier molecular flexibility index (Phi) is 2.95. The molecule has 0 unspecified atom stereocenters. The number of carbonyl (C=O) groups is 1. The van der Waals surface area contributed by atoms with Crippen LogP contribution in [0.2, 0.25) is 0 Å². The maximum atomic E-state index is 11.3. The number of nitrogens with zero attached hydrogens (tertiary/aromatic N) is 2. The molecular weight excluding hydrogens is 196 g/mol. The van der Waals surface area contributed by atoms with Crippen molar-refractivity contribution in [3.05, 3.63) is 0 Å². The smallest absolute Gasteiger partial charge is 0.207 e. The molecule has 0 aromatic carbocycles. The molecule has 0 bridgehead atoms. The fourth-order valence-corrected chi connectivity index (χ4v) is 1.95. The van der Waals surface area contributed by atoms with Crippen LogP contribution in [0.25, 0.3) is 0 Å². The number of guanidine groups is 1. The number of hydrogen-bond donors (Lipinski definition) is 3. The summed E-state index contributed by atoms with van der Waals surface area (Å²) in [6, 6.07) is -0.366. The van der Waals surface area contributed by atoms with Gasteiger partial charge in [0, 0.05) is 0 Å². The third-order valence-corrected chi connectivity index (χ3v) is 2.40. The molecule has 3 atom stereocenters. The first kappa shape index (κ1) is 11.5. The minimum absolute atomic E-state index is 0.139.